The first-order valence-corrected chi connectivity index (χ1v) is 4.88. The lowest BCUT2D eigenvalue weighted by Crippen LogP contribution is -2.53. The molecule has 1 atom stereocenters. The van der Waals surface area contributed by atoms with E-state index in [1.807, 2.05) is 0 Å². The Kier molecular flexibility index (Phi) is 5.21. The van der Waals surface area contributed by atoms with Crippen LogP contribution in [-0.2, 0) is 14.9 Å². The highest BCUT2D eigenvalue weighted by molar-refractivity contribution is 7.88. The number of ketones is 1. The summed E-state index contributed by atoms with van der Waals surface area (Å²) < 4.78 is 32.5. The Bertz CT molecular complexity index is 323. The molecule has 0 aromatic heterocycles. The maximum atomic E-state index is 11.2. The normalized spacial score (nSPS) is 15.5. The SMILES string of the molecule is C=CC(=O)C(C)(N(C)C)S(=O)(=O)[O-].[NH4+]. The number of carbonyl (C=O) groups is 1. The Morgan fingerprint density at radius 3 is 1.93 bits per heavy atom. The van der Waals surface area contributed by atoms with Gasteiger partial charge in [0.1, 0.15) is 10.1 Å². The molecule has 6 nitrogen and oxygen atoms in total. The van der Waals surface area contributed by atoms with Gasteiger partial charge in [0.15, 0.2) is 10.7 Å². The lowest BCUT2D eigenvalue weighted by Gasteiger charge is -2.35. The van der Waals surface area contributed by atoms with Crippen LogP contribution in [0.2, 0.25) is 0 Å². The van der Waals surface area contributed by atoms with Crippen molar-refractivity contribution in [3.63, 3.8) is 0 Å². The molecule has 0 aliphatic heterocycles. The van der Waals surface area contributed by atoms with E-state index >= 15 is 0 Å². The van der Waals surface area contributed by atoms with Crippen LogP contribution in [0.15, 0.2) is 12.7 Å². The summed E-state index contributed by atoms with van der Waals surface area (Å²) in [4.78, 5) is 10.2. The second-order valence-corrected chi connectivity index (χ2v) is 4.60. The Morgan fingerprint density at radius 2 is 1.86 bits per heavy atom. The lowest BCUT2D eigenvalue weighted by molar-refractivity contribution is -0.120. The highest BCUT2D eigenvalue weighted by Gasteiger charge is 2.40. The van der Waals surface area contributed by atoms with Crippen LogP contribution in [-0.4, -0.2) is 42.6 Å². The number of carbonyl (C=O) groups excluding carboxylic acids is 1. The average molecular weight is 224 g/mol. The molecule has 0 fully saturated rings. The van der Waals surface area contributed by atoms with Crippen LogP contribution in [0.4, 0.5) is 0 Å². The third-order valence-electron chi connectivity index (χ3n) is 1.98. The molecule has 4 N–H and O–H groups in total. The lowest BCUT2D eigenvalue weighted by atomic mass is 10.2. The Hall–Kier alpha value is -0.760. The van der Waals surface area contributed by atoms with Crippen molar-refractivity contribution >= 4 is 15.9 Å². The van der Waals surface area contributed by atoms with Gasteiger partial charge in [-0.15, -0.1) is 0 Å². The molecule has 0 aromatic rings. The van der Waals surface area contributed by atoms with E-state index in [9.17, 15) is 17.8 Å². The summed E-state index contributed by atoms with van der Waals surface area (Å²) in [5, 5.41) is 0. The fourth-order valence-electron chi connectivity index (χ4n) is 0.757. The maximum absolute atomic E-state index is 11.2. The largest absolute Gasteiger partial charge is 0.746 e. The zero-order valence-electron chi connectivity index (χ0n) is 8.77. The first-order valence-electron chi connectivity index (χ1n) is 3.47. The minimum Gasteiger partial charge on any atom is -0.746 e. The van der Waals surface area contributed by atoms with Crippen LogP contribution in [0.5, 0.6) is 0 Å². The van der Waals surface area contributed by atoms with E-state index in [0.29, 0.717) is 0 Å². The van der Waals surface area contributed by atoms with Gasteiger partial charge in [-0.25, -0.2) is 8.42 Å². The Balaban J connectivity index is 0. The standard InChI is InChI=1S/C7H13NO4S.H3N/c1-5-6(9)7(2,8(3)4)13(10,11)12;/h5H,1H2,2-4H3,(H,10,11,12);1H3. The number of rotatable bonds is 4. The van der Waals surface area contributed by atoms with Gasteiger partial charge in [-0.05, 0) is 27.1 Å². The van der Waals surface area contributed by atoms with Gasteiger partial charge in [0.05, 0.1) is 0 Å². The molecule has 84 valence electrons. The van der Waals surface area contributed by atoms with Gasteiger partial charge in [-0.3, -0.25) is 9.69 Å². The summed E-state index contributed by atoms with van der Waals surface area (Å²) in [6.45, 7) is 4.20. The first-order chi connectivity index (χ1) is 5.67. The summed E-state index contributed by atoms with van der Waals surface area (Å²) in [7, 11) is -2.03. The van der Waals surface area contributed by atoms with Crippen molar-refractivity contribution in [1.82, 2.24) is 11.1 Å². The number of likely N-dealkylation sites (N-methyl/N-ethyl adjacent to an activating group) is 1. The fourth-order valence-corrected chi connectivity index (χ4v) is 1.53. The summed E-state index contributed by atoms with van der Waals surface area (Å²) in [5.74, 6) is -0.826. The van der Waals surface area contributed by atoms with E-state index in [2.05, 4.69) is 6.58 Å². The number of hydrogen-bond donors (Lipinski definition) is 1. The van der Waals surface area contributed by atoms with Gasteiger partial charge < -0.3 is 10.7 Å². The molecule has 0 rings (SSSR count). The molecule has 0 spiro atoms. The molecule has 1 unspecified atom stereocenters. The third-order valence-corrected chi connectivity index (χ3v) is 3.52. The van der Waals surface area contributed by atoms with Gasteiger partial charge in [-0.1, -0.05) is 6.58 Å². The third kappa shape index (κ3) is 2.38. The quantitative estimate of drug-likeness (QED) is 0.530. The minimum atomic E-state index is -4.72. The van der Waals surface area contributed by atoms with Crippen molar-refractivity contribution in [2.75, 3.05) is 14.1 Å². The van der Waals surface area contributed by atoms with Crippen molar-refractivity contribution in [2.45, 2.75) is 11.8 Å². The van der Waals surface area contributed by atoms with Gasteiger partial charge in [0.25, 0.3) is 0 Å². The topological polar surface area (TPSA) is 114 Å². The van der Waals surface area contributed by atoms with E-state index in [-0.39, 0.29) is 6.15 Å². The molecule has 0 radical (unpaired) electrons. The van der Waals surface area contributed by atoms with Crippen LogP contribution in [0.25, 0.3) is 0 Å². The molecule has 0 heterocycles. The Morgan fingerprint density at radius 1 is 1.50 bits per heavy atom. The molecule has 0 aliphatic carbocycles. The summed E-state index contributed by atoms with van der Waals surface area (Å²) in [5.41, 5.74) is 0. The van der Waals surface area contributed by atoms with Crippen molar-refractivity contribution in [3.05, 3.63) is 12.7 Å². The second kappa shape index (κ2) is 4.65. The van der Waals surface area contributed by atoms with E-state index in [0.717, 1.165) is 17.9 Å². The number of nitrogens with zero attached hydrogens (tertiary/aromatic N) is 1. The zero-order chi connectivity index (χ0) is 10.9. The molecule has 0 saturated carbocycles. The molecule has 0 aromatic carbocycles. The average Bonchev–Trinajstić information content (AvgIpc) is 1.98. The molecule has 0 amide bonds. The van der Waals surface area contributed by atoms with Crippen LogP contribution >= 0.6 is 0 Å². The zero-order valence-corrected chi connectivity index (χ0v) is 9.59. The molecule has 0 bridgehead atoms. The fraction of sp³-hybridized carbons (Fsp3) is 0.571. The van der Waals surface area contributed by atoms with Crippen LogP contribution in [0.1, 0.15) is 6.92 Å². The van der Waals surface area contributed by atoms with Gasteiger partial charge in [0, 0.05) is 0 Å². The first kappa shape index (κ1) is 15.7. The number of hydrogen-bond acceptors (Lipinski definition) is 5. The van der Waals surface area contributed by atoms with Crippen LogP contribution in [0.3, 0.4) is 0 Å². The van der Waals surface area contributed by atoms with E-state index in [4.69, 9.17) is 0 Å². The van der Waals surface area contributed by atoms with E-state index < -0.39 is 20.8 Å². The highest BCUT2D eigenvalue weighted by atomic mass is 32.2. The van der Waals surface area contributed by atoms with Crippen LogP contribution in [0, 0.1) is 0 Å². The minimum absolute atomic E-state index is 0. The van der Waals surface area contributed by atoms with Gasteiger partial charge in [-0.2, -0.15) is 0 Å². The van der Waals surface area contributed by atoms with Crippen LogP contribution < -0.4 is 6.15 Å². The van der Waals surface area contributed by atoms with E-state index in [1.165, 1.54) is 14.1 Å². The monoisotopic (exact) mass is 224 g/mol. The van der Waals surface area contributed by atoms with Crippen molar-refractivity contribution in [2.24, 2.45) is 0 Å². The van der Waals surface area contributed by atoms with Crippen molar-refractivity contribution in [1.29, 1.82) is 0 Å². The molecule has 0 aliphatic rings. The summed E-state index contributed by atoms with van der Waals surface area (Å²) in [6.07, 6.45) is 0.829. The molecule has 14 heavy (non-hydrogen) atoms. The molecular weight excluding hydrogens is 208 g/mol. The molecule has 7 heteroatoms. The number of quaternary nitrogens is 1. The molecular formula is C7H16N2O4S. The molecule has 0 saturated heterocycles. The summed E-state index contributed by atoms with van der Waals surface area (Å²) in [6, 6.07) is 0. The predicted octanol–water partition coefficient (Wildman–Crippen LogP) is -0.0593. The van der Waals surface area contributed by atoms with Gasteiger partial charge in [0.2, 0.25) is 0 Å². The van der Waals surface area contributed by atoms with Gasteiger partial charge >= 0.3 is 0 Å². The predicted molar refractivity (Wildman–Crippen MR) is 53.0 cm³/mol. The maximum Gasteiger partial charge on any atom is 0.189 e. The van der Waals surface area contributed by atoms with E-state index in [1.54, 1.807) is 0 Å². The Labute approximate surface area is 83.9 Å². The van der Waals surface area contributed by atoms with Crippen molar-refractivity contribution in [3.8, 4) is 0 Å². The smallest absolute Gasteiger partial charge is 0.189 e. The van der Waals surface area contributed by atoms with Crippen molar-refractivity contribution < 1.29 is 17.8 Å². The second-order valence-electron chi connectivity index (χ2n) is 2.90. The highest BCUT2D eigenvalue weighted by Crippen LogP contribution is 2.19. The summed E-state index contributed by atoms with van der Waals surface area (Å²) >= 11 is 0.